The van der Waals surface area contributed by atoms with Crippen molar-refractivity contribution in [2.75, 3.05) is 6.54 Å². The third kappa shape index (κ3) is 7.20. The maximum Gasteiger partial charge on any atom is 0.419 e. The van der Waals surface area contributed by atoms with Crippen LogP contribution in [0.3, 0.4) is 0 Å². The van der Waals surface area contributed by atoms with Crippen LogP contribution in [0.25, 0.3) is 22.2 Å². The van der Waals surface area contributed by atoms with Gasteiger partial charge in [-0.15, -0.1) is 0 Å². The molecule has 0 aliphatic carbocycles. The van der Waals surface area contributed by atoms with E-state index in [4.69, 9.17) is 9.15 Å². The van der Waals surface area contributed by atoms with E-state index in [1.54, 1.807) is 33.9 Å². The molecule has 1 aromatic heterocycles. The number of nitrogens with one attached hydrogen (secondary N) is 2. The number of fused-ring (bicyclic) bond motifs is 1. The highest BCUT2D eigenvalue weighted by molar-refractivity contribution is 5.80. The number of benzene rings is 2. The molecule has 0 aliphatic heterocycles. The molecular weight excluding hydrogens is 464 g/mol. The molecule has 0 radical (unpaired) electrons. The SMILES string of the molecule is Cn1c(=O)oc2ccc(-c3ccc(C[C@@H](C#N)NC(=O)C[C@H](O)CNC(=O)OC(C)(C)C)cc3)cc21. The minimum absolute atomic E-state index is 0.153. The molecule has 0 fully saturated rings. The van der Waals surface area contributed by atoms with Gasteiger partial charge in [-0.05, 0) is 49.6 Å². The van der Waals surface area contributed by atoms with Gasteiger partial charge in [-0.1, -0.05) is 30.3 Å². The Balaban J connectivity index is 1.53. The van der Waals surface area contributed by atoms with E-state index in [1.165, 1.54) is 4.57 Å². The van der Waals surface area contributed by atoms with E-state index in [0.29, 0.717) is 11.1 Å². The summed E-state index contributed by atoms with van der Waals surface area (Å²) >= 11 is 0. The molecule has 0 saturated heterocycles. The smallest absolute Gasteiger partial charge is 0.419 e. The Bertz CT molecular complexity index is 1330. The van der Waals surface area contributed by atoms with Gasteiger partial charge in [0.1, 0.15) is 11.6 Å². The summed E-state index contributed by atoms with van der Waals surface area (Å²) in [5.74, 6) is -0.926. The fraction of sp³-hybridized carbons (Fsp3) is 0.385. The van der Waals surface area contributed by atoms with Gasteiger partial charge in [-0.2, -0.15) is 5.26 Å². The molecule has 3 rings (SSSR count). The molecule has 0 saturated carbocycles. The predicted molar refractivity (Wildman–Crippen MR) is 133 cm³/mol. The van der Waals surface area contributed by atoms with E-state index in [0.717, 1.165) is 16.7 Å². The molecule has 2 atom stereocenters. The average molecular weight is 495 g/mol. The second-order valence-corrected chi connectivity index (χ2v) is 9.50. The number of aliphatic hydroxyl groups is 1. The maximum atomic E-state index is 12.3. The number of amides is 2. The zero-order valence-corrected chi connectivity index (χ0v) is 20.7. The van der Waals surface area contributed by atoms with E-state index in [9.17, 15) is 24.8 Å². The molecule has 2 aromatic carbocycles. The lowest BCUT2D eigenvalue weighted by Gasteiger charge is -2.20. The van der Waals surface area contributed by atoms with E-state index in [2.05, 4.69) is 16.7 Å². The lowest BCUT2D eigenvalue weighted by molar-refractivity contribution is -0.123. The Hall–Kier alpha value is -4.10. The quantitative estimate of drug-likeness (QED) is 0.436. The molecule has 0 aliphatic rings. The minimum atomic E-state index is -1.12. The Morgan fingerprint density at radius 3 is 2.47 bits per heavy atom. The van der Waals surface area contributed by atoms with Crippen LogP contribution in [-0.2, 0) is 23.0 Å². The number of rotatable bonds is 8. The molecule has 3 aromatic rings. The predicted octanol–water partition coefficient (Wildman–Crippen LogP) is 2.63. The van der Waals surface area contributed by atoms with Gasteiger partial charge in [-0.3, -0.25) is 9.36 Å². The summed E-state index contributed by atoms with van der Waals surface area (Å²) < 4.78 is 11.7. The number of nitrogens with zero attached hydrogens (tertiary/aromatic N) is 2. The van der Waals surface area contributed by atoms with Crippen molar-refractivity contribution in [1.29, 1.82) is 5.26 Å². The normalized spacial score (nSPS) is 13.0. The summed E-state index contributed by atoms with van der Waals surface area (Å²) in [7, 11) is 1.65. The summed E-state index contributed by atoms with van der Waals surface area (Å²) in [6.07, 6.45) is -1.80. The summed E-state index contributed by atoms with van der Waals surface area (Å²) in [6.45, 7) is 5.00. The number of hydrogen-bond donors (Lipinski definition) is 3. The molecular formula is C26H30N4O6. The number of aryl methyl sites for hydroxylation is 1. The molecule has 36 heavy (non-hydrogen) atoms. The van der Waals surface area contributed by atoms with Gasteiger partial charge in [0.25, 0.3) is 0 Å². The van der Waals surface area contributed by atoms with Crippen molar-refractivity contribution >= 4 is 23.1 Å². The van der Waals surface area contributed by atoms with E-state index in [-0.39, 0.29) is 19.4 Å². The van der Waals surface area contributed by atoms with Gasteiger partial charge in [0.2, 0.25) is 5.91 Å². The first-order chi connectivity index (χ1) is 16.9. The monoisotopic (exact) mass is 494 g/mol. The molecule has 190 valence electrons. The van der Waals surface area contributed by atoms with Crippen LogP contribution in [0.1, 0.15) is 32.8 Å². The molecule has 1 heterocycles. The first-order valence-corrected chi connectivity index (χ1v) is 11.5. The number of aliphatic hydroxyl groups excluding tert-OH is 1. The van der Waals surface area contributed by atoms with Gasteiger partial charge in [0.15, 0.2) is 5.58 Å². The number of nitriles is 1. The second-order valence-electron chi connectivity index (χ2n) is 9.50. The number of alkyl carbamates (subject to hydrolysis) is 1. The van der Waals surface area contributed by atoms with E-state index < -0.39 is 35.5 Å². The first-order valence-electron chi connectivity index (χ1n) is 11.5. The number of aromatic nitrogens is 1. The van der Waals surface area contributed by atoms with Crippen LogP contribution in [0.5, 0.6) is 0 Å². The standard InChI is InChI=1S/C26H30N4O6/c1-26(2,3)36-24(33)28-15-20(31)13-23(32)29-19(14-27)11-16-5-7-17(8-6-16)18-9-10-22-21(12-18)30(4)25(34)35-22/h5-10,12,19-20,31H,11,13,15H2,1-4H3,(H,28,33)(H,29,32)/t19-,20-/m0/s1. The number of hydrogen-bond acceptors (Lipinski definition) is 7. The zero-order valence-electron chi connectivity index (χ0n) is 20.7. The van der Waals surface area contributed by atoms with Crippen molar-refractivity contribution in [3.63, 3.8) is 0 Å². The largest absolute Gasteiger partial charge is 0.444 e. The summed E-state index contributed by atoms with van der Waals surface area (Å²) in [4.78, 5) is 35.6. The summed E-state index contributed by atoms with van der Waals surface area (Å²) in [5, 5.41) is 24.5. The Kier molecular flexibility index (Phi) is 8.17. The third-order valence-corrected chi connectivity index (χ3v) is 5.31. The van der Waals surface area contributed by atoms with Crippen LogP contribution in [0, 0.1) is 11.3 Å². The van der Waals surface area contributed by atoms with Crippen molar-refractivity contribution in [2.45, 2.75) is 51.4 Å². The molecule has 3 N–H and O–H groups in total. The third-order valence-electron chi connectivity index (χ3n) is 5.31. The highest BCUT2D eigenvalue weighted by Gasteiger charge is 2.19. The Morgan fingerprint density at radius 2 is 1.83 bits per heavy atom. The average Bonchev–Trinajstić information content (AvgIpc) is 3.09. The second kappa shape index (κ2) is 11.1. The van der Waals surface area contributed by atoms with E-state index >= 15 is 0 Å². The number of oxazole rings is 1. The van der Waals surface area contributed by atoms with Crippen molar-refractivity contribution in [3.8, 4) is 17.2 Å². The molecule has 10 nitrogen and oxygen atoms in total. The Labute approximate surface area is 208 Å². The first kappa shape index (κ1) is 26.5. The van der Waals surface area contributed by atoms with Crippen molar-refractivity contribution in [2.24, 2.45) is 7.05 Å². The molecule has 0 spiro atoms. The van der Waals surface area contributed by atoms with Crippen LogP contribution < -0.4 is 16.4 Å². The summed E-state index contributed by atoms with van der Waals surface area (Å²) in [6, 6.07) is 14.3. The molecule has 0 unspecified atom stereocenters. The summed E-state index contributed by atoms with van der Waals surface area (Å²) in [5.41, 5.74) is 3.21. The molecule has 0 bridgehead atoms. The highest BCUT2D eigenvalue weighted by Crippen LogP contribution is 2.24. The highest BCUT2D eigenvalue weighted by atomic mass is 16.6. The lowest BCUT2D eigenvalue weighted by Crippen LogP contribution is -2.41. The number of ether oxygens (including phenoxy) is 1. The van der Waals surface area contributed by atoms with Crippen molar-refractivity contribution in [3.05, 3.63) is 58.6 Å². The number of carbonyl (C=O) groups excluding carboxylic acids is 2. The van der Waals surface area contributed by atoms with E-state index in [1.807, 2.05) is 36.4 Å². The number of carbonyl (C=O) groups is 2. The minimum Gasteiger partial charge on any atom is -0.444 e. The maximum absolute atomic E-state index is 12.3. The molecule has 2 amide bonds. The van der Waals surface area contributed by atoms with Crippen LogP contribution in [0.15, 0.2) is 51.7 Å². The lowest BCUT2D eigenvalue weighted by atomic mass is 10.0. The van der Waals surface area contributed by atoms with Gasteiger partial charge < -0.3 is 24.9 Å². The van der Waals surface area contributed by atoms with Crippen molar-refractivity contribution < 1.29 is 23.8 Å². The van der Waals surface area contributed by atoms with Gasteiger partial charge in [-0.25, -0.2) is 9.59 Å². The Morgan fingerprint density at radius 1 is 1.17 bits per heavy atom. The fourth-order valence-electron chi connectivity index (χ4n) is 3.56. The van der Waals surface area contributed by atoms with Crippen LogP contribution in [0.2, 0.25) is 0 Å². The van der Waals surface area contributed by atoms with Gasteiger partial charge in [0, 0.05) is 20.0 Å². The fourth-order valence-corrected chi connectivity index (χ4v) is 3.56. The molecule has 10 heteroatoms. The zero-order chi connectivity index (χ0) is 26.5. The topological polar surface area (TPSA) is 147 Å². The van der Waals surface area contributed by atoms with Crippen LogP contribution in [-0.4, -0.2) is 46.0 Å². The van der Waals surface area contributed by atoms with Gasteiger partial charge >= 0.3 is 11.8 Å². The van der Waals surface area contributed by atoms with Crippen molar-refractivity contribution in [1.82, 2.24) is 15.2 Å². The van der Waals surface area contributed by atoms with Crippen LogP contribution >= 0.6 is 0 Å². The van der Waals surface area contributed by atoms with Gasteiger partial charge in [0.05, 0.1) is 24.1 Å². The van der Waals surface area contributed by atoms with Crippen LogP contribution in [0.4, 0.5) is 4.79 Å².